The average Bonchev–Trinajstić information content (AvgIpc) is 2.98. The minimum atomic E-state index is 0.113. The number of hydrogen-bond acceptors (Lipinski definition) is 2. The standard InChI is InChI=1S/C15H26N2O/c1-2-11-6-7-16-14(8-11)15(18)17-9-12-4-3-5-13(12)10-17/h11-14,16H,2-10H2,1H3. The third kappa shape index (κ3) is 2.29. The number of nitrogens with one attached hydrogen (secondary N) is 1. The van der Waals surface area contributed by atoms with E-state index < -0.39 is 0 Å². The summed E-state index contributed by atoms with van der Waals surface area (Å²) in [7, 11) is 0. The second kappa shape index (κ2) is 5.20. The molecule has 0 aromatic heterocycles. The molecule has 1 aliphatic carbocycles. The van der Waals surface area contributed by atoms with Gasteiger partial charge in [-0.1, -0.05) is 19.8 Å². The van der Waals surface area contributed by atoms with E-state index in [0.717, 1.165) is 43.8 Å². The first kappa shape index (κ1) is 12.5. The molecule has 3 heteroatoms. The zero-order valence-electron chi connectivity index (χ0n) is 11.5. The molecule has 18 heavy (non-hydrogen) atoms. The number of rotatable bonds is 2. The van der Waals surface area contributed by atoms with E-state index in [1.165, 1.54) is 32.1 Å². The summed E-state index contributed by atoms with van der Waals surface area (Å²) in [6.07, 6.45) is 7.61. The molecule has 4 atom stereocenters. The van der Waals surface area contributed by atoms with Gasteiger partial charge in [-0.2, -0.15) is 0 Å². The quantitative estimate of drug-likeness (QED) is 0.813. The molecule has 2 saturated heterocycles. The lowest BCUT2D eigenvalue weighted by Gasteiger charge is -2.32. The zero-order chi connectivity index (χ0) is 12.5. The van der Waals surface area contributed by atoms with Crippen molar-refractivity contribution in [1.82, 2.24) is 10.2 Å². The van der Waals surface area contributed by atoms with Crippen LogP contribution in [0.1, 0.15) is 45.4 Å². The fourth-order valence-electron chi connectivity index (χ4n) is 4.19. The van der Waals surface area contributed by atoms with Gasteiger partial charge in [-0.05, 0) is 50.0 Å². The first-order chi connectivity index (χ1) is 8.78. The van der Waals surface area contributed by atoms with Crippen molar-refractivity contribution in [2.24, 2.45) is 17.8 Å². The van der Waals surface area contributed by atoms with E-state index in [1.807, 2.05) is 0 Å². The van der Waals surface area contributed by atoms with Gasteiger partial charge in [0.05, 0.1) is 6.04 Å². The van der Waals surface area contributed by atoms with Gasteiger partial charge in [0.15, 0.2) is 0 Å². The Labute approximate surface area is 110 Å². The molecule has 0 aromatic rings. The molecule has 1 amide bonds. The van der Waals surface area contributed by atoms with Crippen molar-refractivity contribution in [2.45, 2.75) is 51.5 Å². The number of likely N-dealkylation sites (tertiary alicyclic amines) is 1. The summed E-state index contributed by atoms with van der Waals surface area (Å²) in [5, 5.41) is 3.43. The molecule has 3 aliphatic rings. The summed E-state index contributed by atoms with van der Waals surface area (Å²) in [6.45, 7) is 5.35. The van der Waals surface area contributed by atoms with E-state index in [0.29, 0.717) is 5.91 Å². The van der Waals surface area contributed by atoms with E-state index in [1.54, 1.807) is 0 Å². The van der Waals surface area contributed by atoms with Gasteiger partial charge in [0.1, 0.15) is 0 Å². The van der Waals surface area contributed by atoms with Crippen LogP contribution in [0.5, 0.6) is 0 Å². The maximum atomic E-state index is 12.6. The van der Waals surface area contributed by atoms with Gasteiger partial charge >= 0.3 is 0 Å². The Morgan fingerprint density at radius 1 is 1.22 bits per heavy atom. The Bertz CT molecular complexity index is 299. The van der Waals surface area contributed by atoms with Crippen molar-refractivity contribution in [3.63, 3.8) is 0 Å². The molecule has 0 aromatic carbocycles. The fraction of sp³-hybridized carbons (Fsp3) is 0.933. The fourth-order valence-corrected chi connectivity index (χ4v) is 4.19. The number of nitrogens with zero attached hydrogens (tertiary/aromatic N) is 1. The maximum Gasteiger partial charge on any atom is 0.239 e. The molecule has 2 aliphatic heterocycles. The smallest absolute Gasteiger partial charge is 0.239 e. The predicted octanol–water partition coefficient (Wildman–Crippen LogP) is 2.02. The van der Waals surface area contributed by atoms with Crippen LogP contribution in [-0.4, -0.2) is 36.5 Å². The van der Waals surface area contributed by atoms with Crippen LogP contribution in [-0.2, 0) is 4.79 Å². The van der Waals surface area contributed by atoms with Crippen LogP contribution in [0.3, 0.4) is 0 Å². The molecule has 102 valence electrons. The normalized spacial score (nSPS) is 39.9. The van der Waals surface area contributed by atoms with Crippen molar-refractivity contribution < 1.29 is 4.79 Å². The van der Waals surface area contributed by atoms with Crippen LogP contribution in [0.25, 0.3) is 0 Å². The number of piperidine rings is 1. The van der Waals surface area contributed by atoms with Crippen molar-refractivity contribution >= 4 is 5.91 Å². The monoisotopic (exact) mass is 250 g/mol. The van der Waals surface area contributed by atoms with Crippen LogP contribution in [0.2, 0.25) is 0 Å². The molecule has 3 nitrogen and oxygen atoms in total. The molecule has 1 saturated carbocycles. The lowest BCUT2D eigenvalue weighted by atomic mass is 9.90. The molecular weight excluding hydrogens is 224 g/mol. The first-order valence-electron chi connectivity index (χ1n) is 7.80. The van der Waals surface area contributed by atoms with Gasteiger partial charge in [-0.25, -0.2) is 0 Å². The highest BCUT2D eigenvalue weighted by Crippen LogP contribution is 2.38. The van der Waals surface area contributed by atoms with Gasteiger partial charge in [-0.15, -0.1) is 0 Å². The molecule has 3 rings (SSSR count). The Morgan fingerprint density at radius 2 is 1.94 bits per heavy atom. The van der Waals surface area contributed by atoms with E-state index in [-0.39, 0.29) is 6.04 Å². The van der Waals surface area contributed by atoms with E-state index in [9.17, 15) is 4.79 Å². The topological polar surface area (TPSA) is 32.3 Å². The van der Waals surface area contributed by atoms with Gasteiger partial charge < -0.3 is 10.2 Å². The summed E-state index contributed by atoms with van der Waals surface area (Å²) in [5.74, 6) is 2.78. The summed E-state index contributed by atoms with van der Waals surface area (Å²) >= 11 is 0. The second-order valence-corrected chi connectivity index (χ2v) is 6.50. The minimum Gasteiger partial charge on any atom is -0.341 e. The van der Waals surface area contributed by atoms with Crippen molar-refractivity contribution in [3.8, 4) is 0 Å². The Hall–Kier alpha value is -0.570. The number of amides is 1. The van der Waals surface area contributed by atoms with E-state index >= 15 is 0 Å². The van der Waals surface area contributed by atoms with Crippen LogP contribution in [0, 0.1) is 17.8 Å². The highest BCUT2D eigenvalue weighted by molar-refractivity contribution is 5.82. The molecule has 2 heterocycles. The van der Waals surface area contributed by atoms with Crippen LogP contribution in [0.15, 0.2) is 0 Å². The van der Waals surface area contributed by atoms with Crippen molar-refractivity contribution in [3.05, 3.63) is 0 Å². The first-order valence-corrected chi connectivity index (χ1v) is 7.80. The average molecular weight is 250 g/mol. The summed E-state index contributed by atoms with van der Waals surface area (Å²) in [6, 6.07) is 0.113. The Kier molecular flexibility index (Phi) is 3.60. The Balaban J connectivity index is 1.58. The second-order valence-electron chi connectivity index (χ2n) is 6.50. The van der Waals surface area contributed by atoms with Crippen molar-refractivity contribution in [2.75, 3.05) is 19.6 Å². The highest BCUT2D eigenvalue weighted by Gasteiger charge is 2.40. The molecule has 1 N–H and O–H groups in total. The number of carbonyl (C=O) groups is 1. The van der Waals surface area contributed by atoms with Gasteiger partial charge in [0.25, 0.3) is 0 Å². The zero-order valence-corrected chi connectivity index (χ0v) is 11.5. The van der Waals surface area contributed by atoms with Gasteiger partial charge in [-0.3, -0.25) is 4.79 Å². The number of carbonyl (C=O) groups excluding carboxylic acids is 1. The third-order valence-corrected chi connectivity index (χ3v) is 5.43. The molecule has 3 fully saturated rings. The van der Waals surface area contributed by atoms with Crippen LogP contribution >= 0.6 is 0 Å². The van der Waals surface area contributed by atoms with Gasteiger partial charge in [0, 0.05) is 13.1 Å². The summed E-state index contributed by atoms with van der Waals surface area (Å²) in [5.41, 5.74) is 0. The summed E-state index contributed by atoms with van der Waals surface area (Å²) < 4.78 is 0. The summed E-state index contributed by atoms with van der Waals surface area (Å²) in [4.78, 5) is 14.7. The number of fused-ring (bicyclic) bond motifs is 1. The largest absolute Gasteiger partial charge is 0.341 e. The van der Waals surface area contributed by atoms with Crippen LogP contribution in [0.4, 0.5) is 0 Å². The SMILES string of the molecule is CCC1CCNC(C(=O)N2CC3CCCC3C2)C1. The third-order valence-electron chi connectivity index (χ3n) is 5.43. The predicted molar refractivity (Wildman–Crippen MR) is 72.2 cm³/mol. The number of hydrogen-bond donors (Lipinski definition) is 1. The molecular formula is C15H26N2O. The molecule has 0 spiro atoms. The minimum absolute atomic E-state index is 0.113. The van der Waals surface area contributed by atoms with E-state index in [2.05, 4.69) is 17.1 Å². The Morgan fingerprint density at radius 3 is 2.61 bits per heavy atom. The molecule has 4 unspecified atom stereocenters. The van der Waals surface area contributed by atoms with Crippen LogP contribution < -0.4 is 5.32 Å². The molecule has 0 radical (unpaired) electrons. The van der Waals surface area contributed by atoms with Gasteiger partial charge in [0.2, 0.25) is 5.91 Å². The lowest BCUT2D eigenvalue weighted by Crippen LogP contribution is -2.49. The van der Waals surface area contributed by atoms with E-state index in [4.69, 9.17) is 0 Å². The highest BCUT2D eigenvalue weighted by atomic mass is 16.2. The maximum absolute atomic E-state index is 12.6. The lowest BCUT2D eigenvalue weighted by molar-refractivity contribution is -0.133. The van der Waals surface area contributed by atoms with Crippen molar-refractivity contribution in [1.29, 1.82) is 0 Å². The molecule has 0 bridgehead atoms.